The van der Waals surface area contributed by atoms with Crippen LogP contribution in [0.1, 0.15) is 27.7 Å². The van der Waals surface area contributed by atoms with Crippen LogP contribution in [-0.4, -0.2) is 41.1 Å². The first-order chi connectivity index (χ1) is 16.6. The lowest BCUT2D eigenvalue weighted by Gasteiger charge is -2.26. The molecule has 0 aliphatic carbocycles. The SMILES string of the molecule is COc1ccc(C2C(C(=O)c3ccc(OC(F)(F)F)cc3)C(=O)C(=O)N2c2ccc(C)nn2)cc1. The number of carbonyl (C=O) groups is 3. The highest BCUT2D eigenvalue weighted by Gasteiger charge is 2.53. The fourth-order valence-corrected chi connectivity index (χ4v) is 3.84. The van der Waals surface area contributed by atoms with E-state index < -0.39 is 41.5 Å². The van der Waals surface area contributed by atoms with Crippen LogP contribution in [0.3, 0.4) is 0 Å². The maximum atomic E-state index is 13.4. The Balaban J connectivity index is 1.75. The second-order valence-electron chi connectivity index (χ2n) is 7.70. The largest absolute Gasteiger partial charge is 0.573 e. The number of aryl methyl sites for hydroxylation is 1. The third-order valence-corrected chi connectivity index (χ3v) is 5.45. The number of aromatic nitrogens is 2. The molecule has 2 aromatic carbocycles. The van der Waals surface area contributed by atoms with Gasteiger partial charge >= 0.3 is 6.36 Å². The number of hydrogen-bond acceptors (Lipinski definition) is 7. The number of hydrogen-bond donors (Lipinski definition) is 0. The number of Topliss-reactive ketones (excluding diaryl/α,β-unsaturated/α-hetero) is 2. The summed E-state index contributed by atoms with van der Waals surface area (Å²) in [6.45, 7) is 1.70. The van der Waals surface area contributed by atoms with Crippen LogP contribution in [0.25, 0.3) is 0 Å². The normalized spacial score (nSPS) is 18.0. The molecule has 35 heavy (non-hydrogen) atoms. The highest BCUT2D eigenvalue weighted by molar-refractivity contribution is 6.48. The highest BCUT2D eigenvalue weighted by atomic mass is 19.4. The minimum Gasteiger partial charge on any atom is -0.497 e. The molecule has 0 N–H and O–H groups in total. The van der Waals surface area contributed by atoms with E-state index in [4.69, 9.17) is 4.74 Å². The van der Waals surface area contributed by atoms with Crippen molar-refractivity contribution < 1.29 is 37.0 Å². The second-order valence-corrected chi connectivity index (χ2v) is 7.70. The zero-order valence-corrected chi connectivity index (χ0v) is 18.4. The van der Waals surface area contributed by atoms with Gasteiger partial charge in [0, 0.05) is 5.56 Å². The number of anilines is 1. The first kappa shape index (κ1) is 23.9. The van der Waals surface area contributed by atoms with Crippen molar-refractivity contribution in [3.05, 3.63) is 77.5 Å². The first-order valence-electron chi connectivity index (χ1n) is 10.3. The monoisotopic (exact) mass is 485 g/mol. The third-order valence-electron chi connectivity index (χ3n) is 5.45. The molecule has 1 saturated heterocycles. The van der Waals surface area contributed by atoms with Gasteiger partial charge in [-0.15, -0.1) is 18.3 Å². The van der Waals surface area contributed by atoms with Gasteiger partial charge in [0.2, 0.25) is 5.78 Å². The van der Waals surface area contributed by atoms with Crippen LogP contribution in [-0.2, 0) is 9.59 Å². The third kappa shape index (κ3) is 4.84. The predicted octanol–water partition coefficient (Wildman–Crippen LogP) is 3.85. The molecule has 0 radical (unpaired) electrons. The van der Waals surface area contributed by atoms with Crippen LogP contribution in [0.2, 0.25) is 0 Å². The average molecular weight is 485 g/mol. The molecule has 1 aliphatic heterocycles. The van der Waals surface area contributed by atoms with Gasteiger partial charge < -0.3 is 9.47 Å². The van der Waals surface area contributed by atoms with E-state index in [2.05, 4.69) is 14.9 Å². The minimum absolute atomic E-state index is 0.0546. The summed E-state index contributed by atoms with van der Waals surface area (Å²) in [5.41, 5.74) is 0.991. The van der Waals surface area contributed by atoms with Gasteiger partial charge in [-0.2, -0.15) is 5.10 Å². The Morgan fingerprint density at radius 2 is 1.54 bits per heavy atom. The zero-order chi connectivity index (χ0) is 25.3. The van der Waals surface area contributed by atoms with Gasteiger partial charge in [0.15, 0.2) is 11.6 Å². The minimum atomic E-state index is -4.89. The lowest BCUT2D eigenvalue weighted by Crippen LogP contribution is -2.31. The average Bonchev–Trinajstić information content (AvgIpc) is 3.09. The van der Waals surface area contributed by atoms with Crippen molar-refractivity contribution in [3.63, 3.8) is 0 Å². The van der Waals surface area contributed by atoms with Gasteiger partial charge in [0.25, 0.3) is 5.91 Å². The molecule has 0 spiro atoms. The second kappa shape index (κ2) is 9.16. The van der Waals surface area contributed by atoms with Gasteiger partial charge in [0.05, 0.1) is 18.8 Å². The van der Waals surface area contributed by atoms with Crippen molar-refractivity contribution >= 4 is 23.3 Å². The van der Waals surface area contributed by atoms with Crippen molar-refractivity contribution in [3.8, 4) is 11.5 Å². The molecule has 8 nitrogen and oxygen atoms in total. The molecular formula is C24H18F3N3O5. The number of benzene rings is 2. The molecule has 1 fully saturated rings. The number of rotatable bonds is 6. The van der Waals surface area contributed by atoms with E-state index in [0.29, 0.717) is 17.0 Å². The Morgan fingerprint density at radius 3 is 2.09 bits per heavy atom. The van der Waals surface area contributed by atoms with Crippen LogP contribution < -0.4 is 14.4 Å². The van der Waals surface area contributed by atoms with Crippen molar-refractivity contribution in [1.29, 1.82) is 0 Å². The summed E-state index contributed by atoms with van der Waals surface area (Å²) >= 11 is 0. The summed E-state index contributed by atoms with van der Waals surface area (Å²) in [6, 6.07) is 12.7. The molecular weight excluding hydrogens is 467 g/mol. The summed E-state index contributed by atoms with van der Waals surface area (Å²) in [5, 5.41) is 7.95. The van der Waals surface area contributed by atoms with Crippen molar-refractivity contribution in [1.82, 2.24) is 10.2 Å². The van der Waals surface area contributed by atoms with Crippen LogP contribution in [0.5, 0.6) is 11.5 Å². The van der Waals surface area contributed by atoms with Crippen molar-refractivity contribution in [2.45, 2.75) is 19.3 Å². The van der Waals surface area contributed by atoms with Crippen LogP contribution in [0, 0.1) is 12.8 Å². The number of carbonyl (C=O) groups excluding carboxylic acids is 3. The van der Waals surface area contributed by atoms with E-state index in [1.54, 1.807) is 37.3 Å². The van der Waals surface area contributed by atoms with E-state index in [0.717, 1.165) is 29.2 Å². The van der Waals surface area contributed by atoms with E-state index in [1.807, 2.05) is 0 Å². The highest BCUT2D eigenvalue weighted by Crippen LogP contribution is 2.41. The predicted molar refractivity (Wildman–Crippen MR) is 116 cm³/mol. The molecule has 2 heterocycles. The number of nitrogens with zero attached hydrogens (tertiary/aromatic N) is 3. The Kier molecular flexibility index (Phi) is 6.25. The van der Waals surface area contributed by atoms with Crippen molar-refractivity contribution in [2.24, 2.45) is 5.92 Å². The van der Waals surface area contributed by atoms with Crippen molar-refractivity contribution in [2.75, 3.05) is 12.0 Å². The van der Waals surface area contributed by atoms with Crippen LogP contribution in [0.4, 0.5) is 19.0 Å². The Morgan fingerprint density at radius 1 is 0.914 bits per heavy atom. The molecule has 2 atom stereocenters. The fourth-order valence-electron chi connectivity index (χ4n) is 3.84. The Labute approximate surface area is 197 Å². The number of halogens is 3. The standard InChI is InChI=1S/C24H18F3N3O5/c1-13-3-12-18(29-28-13)30-20(14-4-8-16(34-2)9-5-14)19(22(32)23(30)33)21(31)15-6-10-17(11-7-15)35-24(25,26)27/h3-12,19-20H,1-2H3. The molecule has 1 amide bonds. The molecule has 0 saturated carbocycles. The molecule has 180 valence electrons. The quantitative estimate of drug-likeness (QED) is 0.297. The molecule has 4 rings (SSSR count). The molecule has 2 unspecified atom stereocenters. The summed E-state index contributed by atoms with van der Waals surface area (Å²) in [7, 11) is 1.48. The van der Waals surface area contributed by atoms with Gasteiger partial charge in [-0.05, 0) is 61.0 Å². The summed E-state index contributed by atoms with van der Waals surface area (Å²) in [4.78, 5) is 40.6. The Hall–Kier alpha value is -4.28. The summed E-state index contributed by atoms with van der Waals surface area (Å²) in [6.07, 6.45) is -4.89. The van der Waals surface area contributed by atoms with Crippen LogP contribution in [0.15, 0.2) is 60.7 Å². The first-order valence-corrected chi connectivity index (χ1v) is 10.3. The van der Waals surface area contributed by atoms with Crippen LogP contribution >= 0.6 is 0 Å². The van der Waals surface area contributed by atoms with E-state index in [1.165, 1.54) is 13.2 Å². The maximum absolute atomic E-state index is 13.4. The summed E-state index contributed by atoms with van der Waals surface area (Å²) in [5.74, 6) is -4.02. The van der Waals surface area contributed by atoms with Gasteiger partial charge in [0.1, 0.15) is 17.4 Å². The molecule has 3 aromatic rings. The number of ether oxygens (including phenoxy) is 2. The number of alkyl halides is 3. The molecule has 1 aliphatic rings. The van der Waals surface area contributed by atoms with E-state index >= 15 is 0 Å². The smallest absolute Gasteiger partial charge is 0.497 e. The molecule has 0 bridgehead atoms. The van der Waals surface area contributed by atoms with Gasteiger partial charge in [-0.1, -0.05) is 12.1 Å². The lowest BCUT2D eigenvalue weighted by molar-refractivity contribution is -0.274. The Bertz CT molecular complexity index is 1260. The number of amides is 1. The number of ketones is 2. The zero-order valence-electron chi connectivity index (χ0n) is 18.4. The van der Waals surface area contributed by atoms with Gasteiger partial charge in [-0.3, -0.25) is 19.3 Å². The number of methoxy groups -OCH3 is 1. The van der Waals surface area contributed by atoms with E-state index in [-0.39, 0.29) is 11.4 Å². The lowest BCUT2D eigenvalue weighted by atomic mass is 9.86. The molecule has 11 heteroatoms. The molecule has 1 aromatic heterocycles. The maximum Gasteiger partial charge on any atom is 0.573 e. The van der Waals surface area contributed by atoms with E-state index in [9.17, 15) is 27.6 Å². The fraction of sp³-hybridized carbons (Fsp3) is 0.208. The van der Waals surface area contributed by atoms with Gasteiger partial charge in [-0.25, -0.2) is 0 Å². The summed E-state index contributed by atoms with van der Waals surface area (Å²) < 4.78 is 46.4. The topological polar surface area (TPSA) is 98.7 Å².